The monoisotopic (exact) mass is 227 g/mol. The molecule has 4 heteroatoms. The Bertz CT molecular complexity index is 402. The predicted octanol–water partition coefficient (Wildman–Crippen LogP) is 2.07. The van der Waals surface area contributed by atoms with E-state index in [1.165, 1.54) is 6.07 Å². The van der Waals surface area contributed by atoms with Gasteiger partial charge >= 0.3 is 0 Å². The lowest BCUT2D eigenvalue weighted by Gasteiger charge is -2.22. The van der Waals surface area contributed by atoms with Crippen molar-refractivity contribution in [3.8, 4) is 0 Å². The molecule has 0 atom stereocenters. The van der Waals surface area contributed by atoms with Gasteiger partial charge in [0.15, 0.2) is 5.78 Å². The minimum absolute atomic E-state index is 0.0417. The van der Waals surface area contributed by atoms with Crippen LogP contribution in [0.4, 0.5) is 8.78 Å². The molecule has 0 spiro atoms. The molecule has 0 saturated heterocycles. The van der Waals surface area contributed by atoms with E-state index in [2.05, 4.69) is 5.32 Å². The molecule has 0 bridgehead atoms. The van der Waals surface area contributed by atoms with Gasteiger partial charge in [0.1, 0.15) is 11.6 Å². The largest absolute Gasteiger partial charge is 0.308 e. The Morgan fingerprint density at radius 3 is 2.50 bits per heavy atom. The highest BCUT2D eigenvalue weighted by molar-refractivity contribution is 5.89. The molecular formula is C12H15F2NO. The number of halogens is 2. The lowest BCUT2D eigenvalue weighted by atomic mass is 9.94. The van der Waals surface area contributed by atoms with Crippen LogP contribution in [-0.4, -0.2) is 18.4 Å². The summed E-state index contributed by atoms with van der Waals surface area (Å²) in [6.07, 6.45) is -0.0417. The SMILES string of the molecule is CNC(C)(C)C(=O)Cc1ccc(F)cc1F. The highest BCUT2D eigenvalue weighted by Gasteiger charge is 2.25. The van der Waals surface area contributed by atoms with Gasteiger partial charge in [-0.1, -0.05) is 6.07 Å². The molecular weight excluding hydrogens is 212 g/mol. The number of hydrogen-bond acceptors (Lipinski definition) is 2. The van der Waals surface area contributed by atoms with E-state index in [-0.39, 0.29) is 17.8 Å². The van der Waals surface area contributed by atoms with Gasteiger partial charge in [-0.3, -0.25) is 4.79 Å². The first-order valence-electron chi connectivity index (χ1n) is 5.03. The van der Waals surface area contributed by atoms with E-state index in [9.17, 15) is 13.6 Å². The molecule has 0 radical (unpaired) electrons. The Morgan fingerprint density at radius 1 is 1.38 bits per heavy atom. The number of carbonyl (C=O) groups excluding carboxylic acids is 1. The van der Waals surface area contributed by atoms with Crippen molar-refractivity contribution >= 4 is 5.78 Å². The minimum Gasteiger partial charge on any atom is -0.308 e. The average Bonchev–Trinajstić information content (AvgIpc) is 2.22. The summed E-state index contributed by atoms with van der Waals surface area (Å²) in [6.45, 7) is 3.44. The normalized spacial score (nSPS) is 11.6. The molecule has 0 aliphatic carbocycles. The van der Waals surface area contributed by atoms with Crippen molar-refractivity contribution in [2.24, 2.45) is 0 Å². The summed E-state index contributed by atoms with van der Waals surface area (Å²) in [4.78, 5) is 11.8. The zero-order valence-electron chi connectivity index (χ0n) is 9.60. The highest BCUT2D eigenvalue weighted by Crippen LogP contribution is 2.14. The topological polar surface area (TPSA) is 29.1 Å². The third-order valence-corrected chi connectivity index (χ3v) is 2.69. The van der Waals surface area contributed by atoms with Gasteiger partial charge < -0.3 is 5.32 Å². The van der Waals surface area contributed by atoms with E-state index in [0.717, 1.165) is 12.1 Å². The van der Waals surface area contributed by atoms with Crippen LogP contribution >= 0.6 is 0 Å². The van der Waals surface area contributed by atoms with Crippen LogP contribution in [0.5, 0.6) is 0 Å². The second-order valence-corrected chi connectivity index (χ2v) is 4.21. The number of Topliss-reactive ketones (excluding diaryl/α,β-unsaturated/α-hetero) is 1. The molecule has 0 aliphatic heterocycles. The highest BCUT2D eigenvalue weighted by atomic mass is 19.1. The summed E-state index contributed by atoms with van der Waals surface area (Å²) in [7, 11) is 1.67. The van der Waals surface area contributed by atoms with Crippen LogP contribution in [0.2, 0.25) is 0 Å². The van der Waals surface area contributed by atoms with Crippen molar-refractivity contribution in [1.82, 2.24) is 5.32 Å². The summed E-state index contributed by atoms with van der Waals surface area (Å²) < 4.78 is 25.9. The maximum absolute atomic E-state index is 13.3. The third-order valence-electron chi connectivity index (χ3n) is 2.69. The van der Waals surface area contributed by atoms with Gasteiger partial charge in [-0.2, -0.15) is 0 Å². The molecule has 88 valence electrons. The lowest BCUT2D eigenvalue weighted by molar-refractivity contribution is -0.123. The van der Waals surface area contributed by atoms with Crippen molar-refractivity contribution in [1.29, 1.82) is 0 Å². The average molecular weight is 227 g/mol. The molecule has 16 heavy (non-hydrogen) atoms. The van der Waals surface area contributed by atoms with Crippen molar-refractivity contribution in [3.63, 3.8) is 0 Å². The molecule has 1 aromatic rings. The third kappa shape index (κ3) is 2.85. The van der Waals surface area contributed by atoms with E-state index in [1.54, 1.807) is 20.9 Å². The summed E-state index contributed by atoms with van der Waals surface area (Å²) in [5.41, 5.74) is -0.490. The van der Waals surface area contributed by atoms with Gasteiger partial charge in [-0.05, 0) is 32.5 Å². The standard InChI is InChI=1S/C12H15F2NO/c1-12(2,15-3)11(16)6-8-4-5-9(13)7-10(8)14/h4-5,7,15H,6H2,1-3H3. The van der Waals surface area contributed by atoms with Crippen LogP contribution in [0.15, 0.2) is 18.2 Å². The first-order valence-corrected chi connectivity index (χ1v) is 5.03. The minimum atomic E-state index is -0.708. The molecule has 0 heterocycles. The molecule has 0 aliphatic rings. The maximum atomic E-state index is 13.3. The van der Waals surface area contributed by atoms with Gasteiger partial charge in [0.25, 0.3) is 0 Å². The summed E-state index contributed by atoms with van der Waals surface area (Å²) in [6, 6.07) is 3.24. The Morgan fingerprint density at radius 2 is 2.00 bits per heavy atom. The number of carbonyl (C=O) groups is 1. The molecule has 0 aromatic heterocycles. The van der Waals surface area contributed by atoms with E-state index < -0.39 is 17.2 Å². The number of ketones is 1. The van der Waals surface area contributed by atoms with Crippen LogP contribution in [-0.2, 0) is 11.2 Å². The van der Waals surface area contributed by atoms with Gasteiger partial charge in [0.05, 0.1) is 5.54 Å². The molecule has 2 nitrogen and oxygen atoms in total. The summed E-state index contributed by atoms with van der Waals surface area (Å²) >= 11 is 0. The molecule has 1 N–H and O–H groups in total. The van der Waals surface area contributed by atoms with Gasteiger partial charge in [0.2, 0.25) is 0 Å². The zero-order valence-corrected chi connectivity index (χ0v) is 9.60. The fraction of sp³-hybridized carbons (Fsp3) is 0.417. The zero-order chi connectivity index (χ0) is 12.3. The van der Waals surface area contributed by atoms with Crippen molar-refractivity contribution < 1.29 is 13.6 Å². The quantitative estimate of drug-likeness (QED) is 0.853. The second-order valence-electron chi connectivity index (χ2n) is 4.21. The van der Waals surface area contributed by atoms with Crippen LogP contribution in [0.3, 0.4) is 0 Å². The van der Waals surface area contributed by atoms with Crippen LogP contribution < -0.4 is 5.32 Å². The second kappa shape index (κ2) is 4.70. The Kier molecular flexibility index (Phi) is 3.75. The van der Waals surface area contributed by atoms with E-state index >= 15 is 0 Å². The van der Waals surface area contributed by atoms with E-state index in [0.29, 0.717) is 0 Å². The number of nitrogens with one attached hydrogen (secondary N) is 1. The maximum Gasteiger partial charge on any atom is 0.156 e. The van der Waals surface area contributed by atoms with E-state index in [4.69, 9.17) is 0 Å². The predicted molar refractivity (Wildman–Crippen MR) is 58.2 cm³/mol. The number of hydrogen-bond donors (Lipinski definition) is 1. The first-order chi connectivity index (χ1) is 7.36. The Labute approximate surface area is 93.7 Å². The Balaban J connectivity index is 2.85. The summed E-state index contributed by atoms with van der Waals surface area (Å²) in [5, 5.41) is 2.85. The number of rotatable bonds is 4. The van der Waals surface area contributed by atoms with Crippen LogP contribution in [0.1, 0.15) is 19.4 Å². The first kappa shape index (κ1) is 12.8. The smallest absolute Gasteiger partial charge is 0.156 e. The molecule has 1 aromatic carbocycles. The summed E-state index contributed by atoms with van der Waals surface area (Å²) in [5.74, 6) is -1.46. The van der Waals surface area contributed by atoms with Gasteiger partial charge in [-0.15, -0.1) is 0 Å². The molecule has 1 rings (SSSR count). The van der Waals surface area contributed by atoms with Crippen molar-refractivity contribution in [3.05, 3.63) is 35.4 Å². The molecule has 0 amide bonds. The Hall–Kier alpha value is -1.29. The molecule has 0 unspecified atom stereocenters. The van der Waals surface area contributed by atoms with Crippen molar-refractivity contribution in [2.75, 3.05) is 7.05 Å². The molecule has 0 saturated carbocycles. The fourth-order valence-corrected chi connectivity index (χ4v) is 1.20. The van der Waals surface area contributed by atoms with Crippen LogP contribution in [0, 0.1) is 11.6 Å². The van der Waals surface area contributed by atoms with Crippen LogP contribution in [0.25, 0.3) is 0 Å². The lowest BCUT2D eigenvalue weighted by Crippen LogP contribution is -2.45. The molecule has 0 fully saturated rings. The number of likely N-dealkylation sites (N-methyl/N-ethyl adjacent to an activating group) is 1. The number of benzene rings is 1. The van der Waals surface area contributed by atoms with Crippen molar-refractivity contribution in [2.45, 2.75) is 25.8 Å². The van der Waals surface area contributed by atoms with Gasteiger partial charge in [-0.25, -0.2) is 8.78 Å². The van der Waals surface area contributed by atoms with E-state index in [1.807, 2.05) is 0 Å². The fourth-order valence-electron chi connectivity index (χ4n) is 1.20. The van der Waals surface area contributed by atoms with Gasteiger partial charge in [0, 0.05) is 12.5 Å².